The van der Waals surface area contributed by atoms with Crippen LogP contribution in [0, 0.1) is 11.8 Å². The first-order valence-electron chi connectivity index (χ1n) is 8.49. The molecule has 2 fully saturated rings. The van der Waals surface area contributed by atoms with E-state index in [-0.39, 0.29) is 29.8 Å². The molecule has 6 heteroatoms. The fourth-order valence-electron chi connectivity index (χ4n) is 4.56. The molecule has 2 N–H and O–H groups in total. The van der Waals surface area contributed by atoms with Crippen LogP contribution in [0.2, 0.25) is 0 Å². The standard InChI is InChI=1S/C18H21N3O3/c1-4-9(2)21-15(22)13-10(3)20-18(14(13)16(21)23)11-7-5-6-8-12(11)19-17(18)24/h5-10,13-14,20H,4H2,1-3H3,(H,19,24)/t9-,10+,13+,14-,18+/m0/s1. The van der Waals surface area contributed by atoms with Gasteiger partial charge in [0.2, 0.25) is 17.7 Å². The lowest BCUT2D eigenvalue weighted by atomic mass is 9.76. The van der Waals surface area contributed by atoms with Crippen LogP contribution < -0.4 is 10.6 Å². The second-order valence-corrected chi connectivity index (χ2v) is 7.05. The summed E-state index contributed by atoms with van der Waals surface area (Å²) in [7, 11) is 0. The summed E-state index contributed by atoms with van der Waals surface area (Å²) >= 11 is 0. The summed E-state index contributed by atoms with van der Waals surface area (Å²) in [6, 6.07) is 7.00. The topological polar surface area (TPSA) is 78.5 Å². The van der Waals surface area contributed by atoms with Gasteiger partial charge >= 0.3 is 0 Å². The molecule has 0 radical (unpaired) electrons. The number of benzene rings is 1. The van der Waals surface area contributed by atoms with Gasteiger partial charge in [-0.05, 0) is 26.3 Å². The fourth-order valence-corrected chi connectivity index (χ4v) is 4.56. The molecule has 0 bridgehead atoms. The Bertz CT molecular complexity index is 762. The van der Waals surface area contributed by atoms with Crippen molar-refractivity contribution in [3.05, 3.63) is 29.8 Å². The molecule has 4 rings (SSSR count). The Morgan fingerprint density at radius 3 is 2.62 bits per heavy atom. The molecule has 126 valence electrons. The first-order chi connectivity index (χ1) is 11.4. The second kappa shape index (κ2) is 4.89. The van der Waals surface area contributed by atoms with E-state index in [0.717, 1.165) is 5.56 Å². The molecule has 5 atom stereocenters. The maximum Gasteiger partial charge on any atom is 0.250 e. The molecule has 3 aliphatic rings. The van der Waals surface area contributed by atoms with E-state index in [9.17, 15) is 14.4 Å². The number of rotatable bonds is 2. The normalized spacial score (nSPS) is 35.4. The van der Waals surface area contributed by atoms with E-state index in [1.165, 1.54) is 4.90 Å². The van der Waals surface area contributed by atoms with Crippen LogP contribution in [-0.2, 0) is 19.9 Å². The van der Waals surface area contributed by atoms with Crippen molar-refractivity contribution in [3.63, 3.8) is 0 Å². The number of nitrogens with one attached hydrogen (secondary N) is 2. The minimum Gasteiger partial charge on any atom is -0.324 e. The Labute approximate surface area is 140 Å². The molecule has 0 aliphatic carbocycles. The van der Waals surface area contributed by atoms with Gasteiger partial charge in [0.1, 0.15) is 5.54 Å². The molecule has 3 heterocycles. The van der Waals surface area contributed by atoms with Crippen molar-refractivity contribution < 1.29 is 14.4 Å². The average Bonchev–Trinajstić information content (AvgIpc) is 3.12. The molecule has 0 saturated carbocycles. The number of anilines is 1. The average molecular weight is 327 g/mol. The molecule has 0 unspecified atom stereocenters. The highest BCUT2D eigenvalue weighted by Crippen LogP contribution is 2.52. The predicted molar refractivity (Wildman–Crippen MR) is 87.9 cm³/mol. The van der Waals surface area contributed by atoms with E-state index in [1.807, 2.05) is 45.0 Å². The van der Waals surface area contributed by atoms with Crippen molar-refractivity contribution in [2.45, 2.75) is 44.8 Å². The van der Waals surface area contributed by atoms with E-state index in [2.05, 4.69) is 10.6 Å². The van der Waals surface area contributed by atoms with Crippen molar-refractivity contribution in [1.82, 2.24) is 10.2 Å². The number of para-hydroxylation sites is 1. The maximum atomic E-state index is 13.1. The third-order valence-electron chi connectivity index (χ3n) is 5.84. The van der Waals surface area contributed by atoms with Crippen molar-refractivity contribution in [3.8, 4) is 0 Å². The number of hydrogen-bond acceptors (Lipinski definition) is 4. The number of carbonyl (C=O) groups excluding carboxylic acids is 3. The van der Waals surface area contributed by atoms with Crippen molar-refractivity contribution in [2.24, 2.45) is 11.8 Å². The Hall–Kier alpha value is -2.21. The SMILES string of the molecule is CC[C@H](C)N1C(=O)[C@H]2[C@@H](C1=O)[C@@]1(N[C@@H]2C)C(=O)Nc2ccccc21. The van der Waals surface area contributed by atoms with Crippen LogP contribution in [0.1, 0.15) is 32.8 Å². The minimum atomic E-state index is -1.14. The van der Waals surface area contributed by atoms with E-state index < -0.39 is 17.4 Å². The summed E-state index contributed by atoms with van der Waals surface area (Å²) in [5.41, 5.74) is 0.335. The molecule has 24 heavy (non-hydrogen) atoms. The lowest BCUT2D eigenvalue weighted by Gasteiger charge is -2.30. The van der Waals surface area contributed by atoms with Crippen LogP contribution in [0.4, 0.5) is 5.69 Å². The van der Waals surface area contributed by atoms with Gasteiger partial charge in [0.05, 0.1) is 11.8 Å². The number of amides is 3. The summed E-state index contributed by atoms with van der Waals surface area (Å²) in [4.78, 5) is 40.3. The van der Waals surface area contributed by atoms with Gasteiger partial charge in [0.15, 0.2) is 0 Å². The van der Waals surface area contributed by atoms with Gasteiger partial charge in [-0.2, -0.15) is 0 Å². The summed E-state index contributed by atoms with van der Waals surface area (Å²) in [5, 5.41) is 6.17. The van der Waals surface area contributed by atoms with Gasteiger partial charge in [-0.25, -0.2) is 0 Å². The molecule has 1 aromatic carbocycles. The van der Waals surface area contributed by atoms with Gasteiger partial charge in [0, 0.05) is 23.3 Å². The number of nitrogens with zero attached hydrogens (tertiary/aromatic N) is 1. The Morgan fingerprint density at radius 2 is 1.92 bits per heavy atom. The number of hydrogen-bond donors (Lipinski definition) is 2. The zero-order chi connectivity index (χ0) is 17.2. The number of likely N-dealkylation sites (tertiary alicyclic amines) is 1. The monoisotopic (exact) mass is 327 g/mol. The quantitative estimate of drug-likeness (QED) is 0.801. The van der Waals surface area contributed by atoms with Crippen molar-refractivity contribution in [1.29, 1.82) is 0 Å². The summed E-state index contributed by atoms with van der Waals surface area (Å²) in [6.07, 6.45) is 0.703. The highest BCUT2D eigenvalue weighted by Gasteiger charge is 2.69. The van der Waals surface area contributed by atoms with Crippen LogP contribution in [0.5, 0.6) is 0 Å². The molecule has 6 nitrogen and oxygen atoms in total. The Balaban J connectivity index is 1.88. The molecule has 1 spiro atoms. The van der Waals surface area contributed by atoms with Gasteiger partial charge in [0.25, 0.3) is 0 Å². The highest BCUT2D eigenvalue weighted by atomic mass is 16.2. The Kier molecular flexibility index (Phi) is 3.12. The highest BCUT2D eigenvalue weighted by molar-refractivity contribution is 6.15. The van der Waals surface area contributed by atoms with Crippen molar-refractivity contribution in [2.75, 3.05) is 5.32 Å². The van der Waals surface area contributed by atoms with Crippen LogP contribution in [0.3, 0.4) is 0 Å². The van der Waals surface area contributed by atoms with Crippen LogP contribution in [0.25, 0.3) is 0 Å². The van der Waals surface area contributed by atoms with Crippen LogP contribution in [0.15, 0.2) is 24.3 Å². The first-order valence-corrected chi connectivity index (χ1v) is 8.49. The summed E-state index contributed by atoms with van der Waals surface area (Å²) < 4.78 is 0. The molecular formula is C18H21N3O3. The third kappa shape index (κ3) is 1.61. The van der Waals surface area contributed by atoms with Crippen LogP contribution in [-0.4, -0.2) is 34.7 Å². The fraction of sp³-hybridized carbons (Fsp3) is 0.500. The molecule has 2 saturated heterocycles. The number of carbonyl (C=O) groups is 3. The lowest BCUT2D eigenvalue weighted by Crippen LogP contribution is -2.53. The van der Waals surface area contributed by atoms with E-state index in [1.54, 1.807) is 0 Å². The van der Waals surface area contributed by atoms with Crippen LogP contribution >= 0.6 is 0 Å². The number of imide groups is 1. The van der Waals surface area contributed by atoms with E-state index >= 15 is 0 Å². The van der Waals surface area contributed by atoms with Gasteiger partial charge < -0.3 is 5.32 Å². The Morgan fingerprint density at radius 1 is 1.21 bits per heavy atom. The summed E-state index contributed by atoms with van der Waals surface area (Å²) in [5.74, 6) is -1.81. The zero-order valence-electron chi connectivity index (χ0n) is 14.0. The van der Waals surface area contributed by atoms with E-state index in [4.69, 9.17) is 0 Å². The summed E-state index contributed by atoms with van der Waals surface area (Å²) in [6.45, 7) is 5.71. The molecule has 0 aromatic heterocycles. The molecular weight excluding hydrogens is 306 g/mol. The maximum absolute atomic E-state index is 13.1. The van der Waals surface area contributed by atoms with Gasteiger partial charge in [-0.1, -0.05) is 25.1 Å². The van der Waals surface area contributed by atoms with Gasteiger partial charge in [-0.3, -0.25) is 24.6 Å². The zero-order valence-corrected chi connectivity index (χ0v) is 14.0. The predicted octanol–water partition coefficient (Wildman–Crippen LogP) is 1.23. The molecule has 3 aliphatic heterocycles. The second-order valence-electron chi connectivity index (χ2n) is 7.05. The molecule has 3 amide bonds. The molecule has 1 aromatic rings. The van der Waals surface area contributed by atoms with Gasteiger partial charge in [-0.15, -0.1) is 0 Å². The first kappa shape index (κ1) is 15.3. The minimum absolute atomic E-state index is 0.153. The third-order valence-corrected chi connectivity index (χ3v) is 5.84. The lowest BCUT2D eigenvalue weighted by molar-refractivity contribution is -0.145. The largest absolute Gasteiger partial charge is 0.324 e. The number of fused-ring (bicyclic) bond motifs is 4. The van der Waals surface area contributed by atoms with E-state index in [0.29, 0.717) is 12.1 Å². The van der Waals surface area contributed by atoms with Crippen molar-refractivity contribution >= 4 is 23.4 Å². The smallest absolute Gasteiger partial charge is 0.250 e.